The fourth-order valence-electron chi connectivity index (χ4n) is 3.26. The molecule has 7 atom stereocenters. The number of hydrogen-bond donors (Lipinski definition) is 1. The Kier molecular flexibility index (Phi) is 6.32. The highest BCUT2D eigenvalue weighted by Gasteiger charge is 2.45. The molecule has 1 aliphatic carbocycles. The molecular formula is C19H34O5. The zero-order valence-corrected chi connectivity index (χ0v) is 16.0. The molecule has 1 saturated carbocycles. The van der Waals surface area contributed by atoms with Crippen LogP contribution in [-0.2, 0) is 19.0 Å². The first-order valence-corrected chi connectivity index (χ1v) is 9.28. The van der Waals surface area contributed by atoms with Crippen molar-refractivity contribution < 1.29 is 24.1 Å². The van der Waals surface area contributed by atoms with E-state index in [1.807, 2.05) is 34.6 Å². The van der Waals surface area contributed by atoms with E-state index in [0.717, 1.165) is 19.3 Å². The van der Waals surface area contributed by atoms with Gasteiger partial charge in [-0.2, -0.15) is 0 Å². The van der Waals surface area contributed by atoms with Crippen molar-refractivity contribution in [3.05, 3.63) is 0 Å². The number of carbonyl (C=O) groups excluding carboxylic acids is 1. The molecule has 0 radical (unpaired) electrons. The molecule has 0 spiro atoms. The van der Waals surface area contributed by atoms with Crippen LogP contribution in [0.4, 0.5) is 0 Å². The van der Waals surface area contributed by atoms with E-state index in [0.29, 0.717) is 12.3 Å². The summed E-state index contributed by atoms with van der Waals surface area (Å²) in [6.07, 6.45) is 2.77. The molecule has 2 rings (SSSR count). The molecule has 0 aromatic carbocycles. The van der Waals surface area contributed by atoms with E-state index in [4.69, 9.17) is 14.2 Å². The molecule has 5 heteroatoms. The summed E-state index contributed by atoms with van der Waals surface area (Å²) >= 11 is 0. The lowest BCUT2D eigenvalue weighted by Crippen LogP contribution is -2.44. The van der Waals surface area contributed by atoms with Gasteiger partial charge in [0.1, 0.15) is 5.60 Å². The topological polar surface area (TPSA) is 65.0 Å². The molecule has 2 aliphatic rings. The molecule has 24 heavy (non-hydrogen) atoms. The summed E-state index contributed by atoms with van der Waals surface area (Å²) in [5.74, 6) is 0.620. The Morgan fingerprint density at radius 2 is 1.96 bits per heavy atom. The average Bonchev–Trinajstić information content (AvgIpc) is 3.20. The molecule has 0 amide bonds. The van der Waals surface area contributed by atoms with Crippen molar-refractivity contribution in [2.24, 2.45) is 17.8 Å². The van der Waals surface area contributed by atoms with Crippen molar-refractivity contribution >= 4 is 5.97 Å². The summed E-state index contributed by atoms with van der Waals surface area (Å²) in [6, 6.07) is 0. The third kappa shape index (κ3) is 5.71. The second-order valence-corrected chi connectivity index (χ2v) is 8.65. The van der Waals surface area contributed by atoms with Crippen LogP contribution in [0.3, 0.4) is 0 Å². The predicted molar refractivity (Wildman–Crippen MR) is 91.3 cm³/mol. The van der Waals surface area contributed by atoms with Gasteiger partial charge >= 0.3 is 5.97 Å². The lowest BCUT2D eigenvalue weighted by Gasteiger charge is -2.37. The molecular weight excluding hydrogens is 308 g/mol. The van der Waals surface area contributed by atoms with Crippen molar-refractivity contribution in [3.63, 3.8) is 0 Å². The van der Waals surface area contributed by atoms with Gasteiger partial charge in [-0.3, -0.25) is 4.79 Å². The minimum Gasteiger partial charge on any atom is -0.460 e. The van der Waals surface area contributed by atoms with E-state index in [2.05, 4.69) is 6.92 Å². The van der Waals surface area contributed by atoms with Gasteiger partial charge in [0.15, 0.2) is 6.29 Å². The molecule has 1 heterocycles. The third-order valence-electron chi connectivity index (χ3n) is 4.91. The van der Waals surface area contributed by atoms with Crippen LogP contribution in [0.5, 0.6) is 0 Å². The predicted octanol–water partition coefficient (Wildman–Crippen LogP) is 3.28. The summed E-state index contributed by atoms with van der Waals surface area (Å²) < 4.78 is 17.2. The van der Waals surface area contributed by atoms with E-state index in [-0.39, 0.29) is 36.3 Å². The zero-order valence-electron chi connectivity index (χ0n) is 16.0. The summed E-state index contributed by atoms with van der Waals surface area (Å²) in [6.45, 7) is 11.7. The summed E-state index contributed by atoms with van der Waals surface area (Å²) in [7, 11) is 0. The first-order chi connectivity index (χ1) is 11.1. The van der Waals surface area contributed by atoms with Crippen LogP contribution in [0.2, 0.25) is 0 Å². The van der Waals surface area contributed by atoms with Gasteiger partial charge in [0.05, 0.1) is 24.2 Å². The van der Waals surface area contributed by atoms with Crippen LogP contribution in [0.25, 0.3) is 0 Å². The highest BCUT2D eigenvalue weighted by atomic mass is 16.7. The quantitative estimate of drug-likeness (QED) is 0.751. The van der Waals surface area contributed by atoms with Crippen molar-refractivity contribution in [2.75, 3.05) is 0 Å². The average molecular weight is 342 g/mol. The maximum absolute atomic E-state index is 12.0. The first-order valence-electron chi connectivity index (χ1n) is 9.28. The number of hydrogen-bond acceptors (Lipinski definition) is 5. The number of rotatable bonds is 6. The lowest BCUT2D eigenvalue weighted by molar-refractivity contribution is -0.255. The highest BCUT2D eigenvalue weighted by molar-refractivity contribution is 5.76. The van der Waals surface area contributed by atoms with E-state index in [9.17, 15) is 9.90 Å². The first kappa shape index (κ1) is 19.7. The number of esters is 1. The molecule has 1 N–H and O–H groups in total. The molecule has 1 aliphatic heterocycles. The summed E-state index contributed by atoms with van der Waals surface area (Å²) in [5, 5.41) is 9.82. The Morgan fingerprint density at radius 3 is 2.58 bits per heavy atom. The summed E-state index contributed by atoms with van der Waals surface area (Å²) in [4.78, 5) is 12.0. The molecule has 5 nitrogen and oxygen atoms in total. The lowest BCUT2D eigenvalue weighted by atomic mass is 9.96. The maximum atomic E-state index is 12.0. The van der Waals surface area contributed by atoms with Crippen molar-refractivity contribution in [2.45, 2.75) is 97.4 Å². The van der Waals surface area contributed by atoms with Crippen LogP contribution in [0.1, 0.15) is 67.2 Å². The fraction of sp³-hybridized carbons (Fsp3) is 0.947. The molecule has 140 valence electrons. The van der Waals surface area contributed by atoms with E-state index >= 15 is 0 Å². The van der Waals surface area contributed by atoms with Crippen LogP contribution in [-0.4, -0.2) is 41.3 Å². The molecule has 0 aromatic rings. The zero-order chi connectivity index (χ0) is 18.1. The van der Waals surface area contributed by atoms with Gasteiger partial charge in [0, 0.05) is 5.92 Å². The van der Waals surface area contributed by atoms with Gasteiger partial charge < -0.3 is 19.3 Å². The second kappa shape index (κ2) is 7.71. The van der Waals surface area contributed by atoms with Crippen LogP contribution >= 0.6 is 0 Å². The van der Waals surface area contributed by atoms with Crippen molar-refractivity contribution in [1.29, 1.82) is 0 Å². The van der Waals surface area contributed by atoms with E-state index < -0.39 is 11.7 Å². The maximum Gasteiger partial charge on any atom is 0.309 e. The van der Waals surface area contributed by atoms with Gasteiger partial charge in [-0.25, -0.2) is 0 Å². The third-order valence-corrected chi connectivity index (χ3v) is 4.91. The smallest absolute Gasteiger partial charge is 0.309 e. The van der Waals surface area contributed by atoms with E-state index in [1.54, 1.807) is 0 Å². The normalized spacial score (nSPS) is 37.8. The highest BCUT2D eigenvalue weighted by Crippen LogP contribution is 2.44. The van der Waals surface area contributed by atoms with Gasteiger partial charge in [0.25, 0.3) is 0 Å². The van der Waals surface area contributed by atoms with Crippen molar-refractivity contribution in [1.82, 2.24) is 0 Å². The van der Waals surface area contributed by atoms with Gasteiger partial charge in [0.2, 0.25) is 0 Å². The van der Waals surface area contributed by atoms with Crippen LogP contribution in [0.15, 0.2) is 0 Å². The monoisotopic (exact) mass is 342 g/mol. The van der Waals surface area contributed by atoms with Gasteiger partial charge in [-0.1, -0.05) is 6.92 Å². The van der Waals surface area contributed by atoms with Gasteiger partial charge in [-0.15, -0.1) is 0 Å². The molecule has 0 aromatic heterocycles. The Labute approximate surface area is 146 Å². The number of aliphatic hydroxyl groups is 1. The Balaban J connectivity index is 1.67. The number of carbonyl (C=O) groups is 1. The standard InChI is InChI=1S/C19H34O5/c1-11-9-16(20)13(3)23-18(11)22-12(2)7-8-14-10-15(14)17(21)24-19(4,5)6/h11-16,18,20H,7-10H2,1-6H3/t11-,12-,13+,14?,15?,16?,18?/m1/s1. The van der Waals surface area contributed by atoms with Crippen molar-refractivity contribution in [3.8, 4) is 0 Å². The Hall–Kier alpha value is -0.650. The number of aliphatic hydroxyl groups excluding tert-OH is 1. The molecule has 4 unspecified atom stereocenters. The molecule has 0 bridgehead atoms. The SMILES string of the molecule is C[C@H](CCC1CC1C(=O)OC(C)(C)C)OC1O[C@@H](C)C(O)C[C@H]1C. The summed E-state index contributed by atoms with van der Waals surface area (Å²) in [5.41, 5.74) is -0.406. The fourth-order valence-corrected chi connectivity index (χ4v) is 3.26. The Bertz CT molecular complexity index is 430. The van der Waals surface area contributed by atoms with Gasteiger partial charge in [-0.05, 0) is 66.2 Å². The van der Waals surface area contributed by atoms with Crippen LogP contribution < -0.4 is 0 Å². The largest absolute Gasteiger partial charge is 0.460 e. The number of ether oxygens (including phenoxy) is 3. The second-order valence-electron chi connectivity index (χ2n) is 8.65. The minimum absolute atomic E-state index is 0.0619. The molecule has 2 fully saturated rings. The van der Waals surface area contributed by atoms with Crippen LogP contribution in [0, 0.1) is 17.8 Å². The Morgan fingerprint density at radius 1 is 1.29 bits per heavy atom. The minimum atomic E-state index is -0.406. The van der Waals surface area contributed by atoms with E-state index in [1.165, 1.54) is 0 Å². The molecule has 1 saturated heterocycles.